The molecule has 3 unspecified atom stereocenters. The summed E-state index contributed by atoms with van der Waals surface area (Å²) in [5.74, 6) is 2.06. The van der Waals surface area contributed by atoms with Crippen LogP contribution in [0.25, 0.3) is 0 Å². The number of hydrogen-bond donors (Lipinski definition) is 1. The van der Waals surface area contributed by atoms with Crippen LogP contribution in [0.2, 0.25) is 0 Å². The van der Waals surface area contributed by atoms with Crippen LogP contribution in [0, 0.1) is 11.8 Å². The van der Waals surface area contributed by atoms with E-state index >= 15 is 0 Å². The summed E-state index contributed by atoms with van der Waals surface area (Å²) in [5, 5.41) is 10.6. The largest absolute Gasteiger partial charge is 0.469 e. The molecule has 1 fully saturated rings. The zero-order chi connectivity index (χ0) is 12.3. The van der Waals surface area contributed by atoms with E-state index in [1.807, 2.05) is 6.07 Å². The van der Waals surface area contributed by atoms with Crippen molar-refractivity contribution in [1.82, 2.24) is 0 Å². The first kappa shape index (κ1) is 12.7. The minimum absolute atomic E-state index is 0.325. The van der Waals surface area contributed by atoms with Crippen molar-refractivity contribution in [2.75, 3.05) is 0 Å². The molecule has 0 radical (unpaired) electrons. The first-order chi connectivity index (χ1) is 8.27. The minimum Gasteiger partial charge on any atom is -0.469 e. The van der Waals surface area contributed by atoms with E-state index in [2.05, 4.69) is 13.8 Å². The van der Waals surface area contributed by atoms with Gasteiger partial charge in [-0.1, -0.05) is 39.5 Å². The molecule has 0 aromatic carbocycles. The fraction of sp³-hybridized carbons (Fsp3) is 0.733. The molecule has 0 saturated heterocycles. The van der Waals surface area contributed by atoms with Gasteiger partial charge in [0, 0.05) is 12.0 Å². The first-order valence-electron chi connectivity index (χ1n) is 7.02. The molecule has 17 heavy (non-hydrogen) atoms. The van der Waals surface area contributed by atoms with Gasteiger partial charge in [0.15, 0.2) is 0 Å². The number of rotatable bonds is 4. The van der Waals surface area contributed by atoms with E-state index in [1.165, 1.54) is 25.7 Å². The first-order valence-corrected chi connectivity index (χ1v) is 7.02. The van der Waals surface area contributed by atoms with Crippen molar-refractivity contribution in [3.63, 3.8) is 0 Å². The second kappa shape index (κ2) is 5.72. The van der Waals surface area contributed by atoms with Gasteiger partial charge in [-0.25, -0.2) is 0 Å². The maximum absolute atomic E-state index is 10.6. The fourth-order valence-corrected chi connectivity index (χ4v) is 3.29. The van der Waals surface area contributed by atoms with Crippen LogP contribution >= 0.6 is 0 Å². The van der Waals surface area contributed by atoms with Crippen molar-refractivity contribution in [1.29, 1.82) is 0 Å². The summed E-state index contributed by atoms with van der Waals surface area (Å²) < 4.78 is 5.43. The molecule has 2 rings (SSSR count). The molecular formula is C15H24O2. The van der Waals surface area contributed by atoms with Crippen LogP contribution < -0.4 is 0 Å². The van der Waals surface area contributed by atoms with Gasteiger partial charge in [-0.05, 0) is 24.3 Å². The Morgan fingerprint density at radius 1 is 1.35 bits per heavy atom. The van der Waals surface area contributed by atoms with Gasteiger partial charge in [0.25, 0.3) is 0 Å². The van der Waals surface area contributed by atoms with Crippen LogP contribution in [0.3, 0.4) is 0 Å². The monoisotopic (exact) mass is 236 g/mol. The van der Waals surface area contributed by atoms with Gasteiger partial charge in [-0.15, -0.1) is 0 Å². The lowest BCUT2D eigenvalue weighted by Crippen LogP contribution is -2.25. The molecule has 1 saturated carbocycles. The number of aryl methyl sites for hydroxylation is 1. The van der Waals surface area contributed by atoms with Gasteiger partial charge in [0.1, 0.15) is 5.76 Å². The Morgan fingerprint density at radius 3 is 2.82 bits per heavy atom. The Morgan fingerprint density at radius 2 is 2.12 bits per heavy atom. The summed E-state index contributed by atoms with van der Waals surface area (Å²) in [4.78, 5) is 0. The molecule has 0 amide bonds. The second-order valence-corrected chi connectivity index (χ2v) is 5.21. The van der Waals surface area contributed by atoms with Crippen LogP contribution in [0.1, 0.15) is 63.4 Å². The van der Waals surface area contributed by atoms with Gasteiger partial charge in [0.2, 0.25) is 0 Å². The van der Waals surface area contributed by atoms with E-state index in [-0.39, 0.29) is 6.10 Å². The lowest BCUT2D eigenvalue weighted by Gasteiger charge is -2.34. The highest BCUT2D eigenvalue weighted by atomic mass is 16.3. The highest BCUT2D eigenvalue weighted by molar-refractivity contribution is 5.21. The van der Waals surface area contributed by atoms with Crippen molar-refractivity contribution in [2.45, 2.75) is 58.5 Å². The molecule has 1 aliphatic carbocycles. The summed E-state index contributed by atoms with van der Waals surface area (Å²) in [6.07, 6.45) is 8.45. The third-order valence-electron chi connectivity index (χ3n) is 4.32. The van der Waals surface area contributed by atoms with Gasteiger partial charge >= 0.3 is 0 Å². The van der Waals surface area contributed by atoms with Crippen LogP contribution in [0.15, 0.2) is 16.7 Å². The maximum atomic E-state index is 10.6. The van der Waals surface area contributed by atoms with Crippen LogP contribution in [0.4, 0.5) is 0 Å². The lowest BCUT2D eigenvalue weighted by atomic mass is 9.73. The minimum atomic E-state index is -0.325. The third-order valence-corrected chi connectivity index (χ3v) is 4.32. The van der Waals surface area contributed by atoms with Crippen molar-refractivity contribution in [3.8, 4) is 0 Å². The van der Waals surface area contributed by atoms with E-state index < -0.39 is 0 Å². The molecule has 1 aromatic rings. The Kier molecular flexibility index (Phi) is 4.27. The van der Waals surface area contributed by atoms with E-state index in [1.54, 1.807) is 6.26 Å². The predicted octanol–water partition coefficient (Wildman–Crippen LogP) is 4.09. The normalized spacial score (nSPS) is 27.0. The summed E-state index contributed by atoms with van der Waals surface area (Å²) >= 11 is 0. The van der Waals surface area contributed by atoms with Crippen molar-refractivity contribution in [3.05, 3.63) is 23.7 Å². The smallest absolute Gasteiger partial charge is 0.109 e. The molecular weight excluding hydrogens is 212 g/mol. The molecule has 1 aliphatic rings. The quantitative estimate of drug-likeness (QED) is 0.854. The zero-order valence-electron chi connectivity index (χ0n) is 11.0. The third kappa shape index (κ3) is 2.57. The Balaban J connectivity index is 2.15. The molecule has 0 spiro atoms. The maximum Gasteiger partial charge on any atom is 0.109 e. The molecule has 0 bridgehead atoms. The van der Waals surface area contributed by atoms with Gasteiger partial charge in [-0.2, -0.15) is 0 Å². The van der Waals surface area contributed by atoms with E-state index in [0.717, 1.165) is 24.2 Å². The predicted molar refractivity (Wildman–Crippen MR) is 68.8 cm³/mol. The molecule has 2 nitrogen and oxygen atoms in total. The van der Waals surface area contributed by atoms with Crippen molar-refractivity contribution < 1.29 is 9.52 Å². The standard InChI is InChI=1S/C15H24O2/c1-3-11-7-5-6-8-12(11)15(16)13-9-10-17-14(13)4-2/h9-12,15-16H,3-8H2,1-2H3. The topological polar surface area (TPSA) is 33.4 Å². The Labute approximate surface area is 104 Å². The molecule has 96 valence electrons. The summed E-state index contributed by atoms with van der Waals surface area (Å²) in [6, 6.07) is 1.95. The van der Waals surface area contributed by atoms with Crippen molar-refractivity contribution in [2.24, 2.45) is 11.8 Å². The van der Waals surface area contributed by atoms with Gasteiger partial charge < -0.3 is 9.52 Å². The summed E-state index contributed by atoms with van der Waals surface area (Å²) in [5.41, 5.74) is 1.03. The fourth-order valence-electron chi connectivity index (χ4n) is 3.29. The lowest BCUT2D eigenvalue weighted by molar-refractivity contribution is 0.0440. The highest BCUT2D eigenvalue weighted by Crippen LogP contribution is 2.41. The highest BCUT2D eigenvalue weighted by Gasteiger charge is 2.32. The number of aliphatic hydroxyl groups is 1. The molecule has 1 N–H and O–H groups in total. The molecule has 3 atom stereocenters. The molecule has 1 aromatic heterocycles. The molecule has 1 heterocycles. The average molecular weight is 236 g/mol. The Hall–Kier alpha value is -0.760. The van der Waals surface area contributed by atoms with Crippen molar-refractivity contribution >= 4 is 0 Å². The van der Waals surface area contributed by atoms with E-state index in [0.29, 0.717) is 11.8 Å². The average Bonchev–Trinajstić information content (AvgIpc) is 2.86. The molecule has 2 heteroatoms. The van der Waals surface area contributed by atoms with Gasteiger partial charge in [0.05, 0.1) is 12.4 Å². The zero-order valence-corrected chi connectivity index (χ0v) is 11.0. The van der Waals surface area contributed by atoms with Crippen LogP contribution in [0.5, 0.6) is 0 Å². The summed E-state index contributed by atoms with van der Waals surface area (Å²) in [6.45, 7) is 4.32. The summed E-state index contributed by atoms with van der Waals surface area (Å²) in [7, 11) is 0. The number of furan rings is 1. The van der Waals surface area contributed by atoms with E-state index in [4.69, 9.17) is 4.42 Å². The van der Waals surface area contributed by atoms with E-state index in [9.17, 15) is 5.11 Å². The SMILES string of the molecule is CCc1occc1C(O)C1CCCCC1CC. The van der Waals surface area contributed by atoms with Crippen LogP contribution in [-0.2, 0) is 6.42 Å². The number of hydrogen-bond acceptors (Lipinski definition) is 2. The van der Waals surface area contributed by atoms with Gasteiger partial charge in [-0.3, -0.25) is 0 Å². The molecule has 0 aliphatic heterocycles. The Bertz CT molecular complexity index is 342. The number of aliphatic hydroxyl groups excluding tert-OH is 1. The van der Waals surface area contributed by atoms with Crippen LogP contribution in [-0.4, -0.2) is 5.11 Å². The second-order valence-electron chi connectivity index (χ2n) is 5.21.